The zero-order chi connectivity index (χ0) is 23.5. The molecule has 1 fully saturated rings. The predicted molar refractivity (Wildman–Crippen MR) is 129 cm³/mol. The molecule has 0 saturated carbocycles. The summed E-state index contributed by atoms with van der Waals surface area (Å²) in [5.74, 6) is -0.0825. The van der Waals surface area contributed by atoms with Crippen LogP contribution in [-0.2, 0) is 19.6 Å². The Hall–Kier alpha value is -2.58. The van der Waals surface area contributed by atoms with Crippen molar-refractivity contribution in [2.24, 2.45) is 0 Å². The quantitative estimate of drug-likeness (QED) is 0.615. The van der Waals surface area contributed by atoms with Crippen molar-refractivity contribution in [3.05, 3.63) is 52.5 Å². The lowest BCUT2D eigenvalue weighted by molar-refractivity contribution is -0.117. The van der Waals surface area contributed by atoms with Crippen LogP contribution in [0.15, 0.2) is 36.4 Å². The Morgan fingerprint density at radius 3 is 2.59 bits per heavy atom. The first-order valence-corrected chi connectivity index (χ1v) is 12.7. The lowest BCUT2D eigenvalue weighted by Crippen LogP contribution is -2.32. The van der Waals surface area contributed by atoms with Crippen molar-refractivity contribution in [2.45, 2.75) is 39.5 Å². The van der Waals surface area contributed by atoms with E-state index < -0.39 is 10.0 Å². The van der Waals surface area contributed by atoms with Crippen molar-refractivity contribution in [2.75, 3.05) is 33.9 Å². The molecule has 0 unspecified atom stereocenters. The molecule has 172 valence electrons. The van der Waals surface area contributed by atoms with Gasteiger partial charge in [-0.3, -0.25) is 13.9 Å². The summed E-state index contributed by atoms with van der Waals surface area (Å²) >= 11 is 6.15. The highest BCUT2D eigenvalue weighted by Crippen LogP contribution is 2.29. The van der Waals surface area contributed by atoms with Crippen molar-refractivity contribution in [3.63, 3.8) is 0 Å². The molecule has 1 heterocycles. The monoisotopic (exact) mass is 477 g/mol. The first-order chi connectivity index (χ1) is 15.1. The van der Waals surface area contributed by atoms with Crippen LogP contribution in [0.4, 0.5) is 17.1 Å². The third-order valence-electron chi connectivity index (χ3n) is 5.52. The normalized spacial score (nSPS) is 14.0. The van der Waals surface area contributed by atoms with Gasteiger partial charge in [0.25, 0.3) is 0 Å². The van der Waals surface area contributed by atoms with E-state index >= 15 is 0 Å². The lowest BCUT2D eigenvalue weighted by atomic mass is 10.1. The molecule has 9 heteroatoms. The largest absolute Gasteiger partial charge is 0.326 e. The maximum absolute atomic E-state index is 12.4. The molecule has 0 bridgehead atoms. The van der Waals surface area contributed by atoms with E-state index in [4.69, 9.17) is 11.6 Å². The fourth-order valence-electron chi connectivity index (χ4n) is 3.88. The van der Waals surface area contributed by atoms with Gasteiger partial charge in [-0.1, -0.05) is 17.7 Å². The Morgan fingerprint density at radius 1 is 1.22 bits per heavy atom. The Balaban J connectivity index is 1.61. The van der Waals surface area contributed by atoms with E-state index in [1.807, 2.05) is 19.1 Å². The summed E-state index contributed by atoms with van der Waals surface area (Å²) in [6, 6.07) is 10.6. The van der Waals surface area contributed by atoms with E-state index in [0.717, 1.165) is 23.9 Å². The predicted octanol–water partition coefficient (Wildman–Crippen LogP) is 4.27. The average molecular weight is 478 g/mol. The van der Waals surface area contributed by atoms with Crippen LogP contribution in [0.1, 0.15) is 36.8 Å². The summed E-state index contributed by atoms with van der Waals surface area (Å²) in [6.45, 7) is 4.56. The topological polar surface area (TPSA) is 86.8 Å². The van der Waals surface area contributed by atoms with Crippen LogP contribution < -0.4 is 14.5 Å². The van der Waals surface area contributed by atoms with Gasteiger partial charge in [-0.05, 0) is 68.1 Å². The third-order valence-corrected chi connectivity index (χ3v) is 7.11. The van der Waals surface area contributed by atoms with Crippen molar-refractivity contribution in [1.82, 2.24) is 0 Å². The number of halogens is 1. The second-order valence-corrected chi connectivity index (χ2v) is 10.3. The third kappa shape index (κ3) is 5.61. The average Bonchev–Trinajstić information content (AvgIpc) is 3.13. The molecule has 1 N–H and O–H groups in total. The number of aryl methyl sites for hydroxylation is 1. The molecule has 2 aromatic rings. The molecular formula is C23H28ClN3O4S. The van der Waals surface area contributed by atoms with E-state index in [1.54, 1.807) is 36.1 Å². The van der Waals surface area contributed by atoms with Crippen molar-refractivity contribution in [3.8, 4) is 0 Å². The number of carbonyl (C=O) groups excluding carboxylic acids is 2. The van der Waals surface area contributed by atoms with E-state index in [2.05, 4.69) is 5.32 Å². The maximum atomic E-state index is 12.4. The number of hydrogen-bond donors (Lipinski definition) is 1. The summed E-state index contributed by atoms with van der Waals surface area (Å²) < 4.78 is 25.9. The lowest BCUT2D eigenvalue weighted by Gasteiger charge is -2.24. The highest BCUT2D eigenvalue weighted by atomic mass is 35.5. The second kappa shape index (κ2) is 9.92. The Labute approximate surface area is 194 Å². The van der Waals surface area contributed by atoms with Crippen molar-refractivity contribution in [1.29, 1.82) is 0 Å². The van der Waals surface area contributed by atoms with Gasteiger partial charge in [0, 0.05) is 42.3 Å². The van der Waals surface area contributed by atoms with Gasteiger partial charge in [0.1, 0.15) is 0 Å². The molecule has 32 heavy (non-hydrogen) atoms. The van der Waals surface area contributed by atoms with Gasteiger partial charge in [0.15, 0.2) is 0 Å². The number of nitrogens with zero attached hydrogens (tertiary/aromatic N) is 2. The molecule has 1 saturated heterocycles. The Bertz CT molecular complexity index is 1130. The molecule has 2 amide bonds. The van der Waals surface area contributed by atoms with E-state index in [9.17, 15) is 18.0 Å². The maximum Gasteiger partial charge on any atom is 0.232 e. The van der Waals surface area contributed by atoms with Gasteiger partial charge in [0.05, 0.1) is 11.9 Å². The zero-order valence-electron chi connectivity index (χ0n) is 18.5. The summed E-state index contributed by atoms with van der Waals surface area (Å²) in [5, 5.41) is 3.34. The van der Waals surface area contributed by atoms with Gasteiger partial charge in [-0.15, -0.1) is 0 Å². The second-order valence-electron chi connectivity index (χ2n) is 8.02. The number of anilines is 3. The van der Waals surface area contributed by atoms with Gasteiger partial charge in [-0.25, -0.2) is 8.42 Å². The van der Waals surface area contributed by atoms with Gasteiger partial charge in [0.2, 0.25) is 21.8 Å². The molecule has 0 aliphatic carbocycles. The van der Waals surface area contributed by atoms with Crippen LogP contribution in [0.25, 0.3) is 0 Å². The summed E-state index contributed by atoms with van der Waals surface area (Å²) in [5.41, 5.74) is 3.62. The molecule has 1 aliphatic heterocycles. The number of rotatable bonds is 8. The first-order valence-electron chi connectivity index (χ1n) is 10.5. The van der Waals surface area contributed by atoms with Gasteiger partial charge in [-0.2, -0.15) is 0 Å². The first kappa shape index (κ1) is 24.1. The molecule has 0 radical (unpaired) electrons. The number of benzene rings is 2. The van der Waals surface area contributed by atoms with E-state index in [1.165, 1.54) is 4.31 Å². The Morgan fingerprint density at radius 2 is 1.97 bits per heavy atom. The van der Waals surface area contributed by atoms with Crippen molar-refractivity contribution >= 4 is 50.5 Å². The van der Waals surface area contributed by atoms with Crippen LogP contribution in [0.3, 0.4) is 0 Å². The molecule has 0 atom stereocenters. The van der Waals surface area contributed by atoms with Crippen molar-refractivity contribution < 1.29 is 18.0 Å². The summed E-state index contributed by atoms with van der Waals surface area (Å²) in [7, 11) is -3.53. The van der Waals surface area contributed by atoms with E-state index in [0.29, 0.717) is 41.3 Å². The highest BCUT2D eigenvalue weighted by Gasteiger charge is 2.23. The SMILES string of the molecule is Cc1cc(NC(=O)CCCN(c2cccc(Cl)c2C)S(C)(=O)=O)ccc1N1CCCC1=O. The molecule has 2 aromatic carbocycles. The molecular weight excluding hydrogens is 450 g/mol. The molecule has 0 spiro atoms. The van der Waals surface area contributed by atoms with Crippen LogP contribution in [-0.4, -0.2) is 39.6 Å². The fraction of sp³-hybridized carbons (Fsp3) is 0.391. The number of hydrogen-bond acceptors (Lipinski definition) is 4. The molecule has 7 nitrogen and oxygen atoms in total. The standard InChI is InChI=1S/C23H28ClN3O4S/c1-16-15-18(11-12-20(16)26-13-6-10-23(26)29)25-22(28)9-5-14-27(32(3,30)31)21-8-4-7-19(24)17(21)2/h4,7-8,11-12,15H,5-6,9-10,13-14H2,1-3H3,(H,25,28). The summed E-state index contributed by atoms with van der Waals surface area (Å²) in [6.07, 6.45) is 3.08. The van der Waals surface area contributed by atoms with Crippen LogP contribution in [0.5, 0.6) is 0 Å². The fourth-order valence-corrected chi connectivity index (χ4v) is 5.06. The number of sulfonamides is 1. The van der Waals surface area contributed by atoms with Crippen LogP contribution in [0.2, 0.25) is 5.02 Å². The van der Waals surface area contributed by atoms with Gasteiger partial charge >= 0.3 is 0 Å². The summed E-state index contributed by atoms with van der Waals surface area (Å²) in [4.78, 5) is 26.2. The van der Waals surface area contributed by atoms with E-state index in [-0.39, 0.29) is 24.8 Å². The van der Waals surface area contributed by atoms with Gasteiger partial charge < -0.3 is 10.2 Å². The smallest absolute Gasteiger partial charge is 0.232 e. The molecule has 0 aromatic heterocycles. The number of carbonyl (C=O) groups is 2. The van der Waals surface area contributed by atoms with Crippen LogP contribution in [0, 0.1) is 13.8 Å². The highest BCUT2D eigenvalue weighted by molar-refractivity contribution is 7.92. The zero-order valence-corrected chi connectivity index (χ0v) is 20.1. The minimum atomic E-state index is -3.53. The Kier molecular flexibility index (Phi) is 7.46. The number of nitrogens with one attached hydrogen (secondary N) is 1. The minimum Gasteiger partial charge on any atom is -0.326 e. The molecule has 3 rings (SSSR count). The molecule has 1 aliphatic rings. The minimum absolute atomic E-state index is 0.121. The van der Waals surface area contributed by atoms with Crippen LogP contribution >= 0.6 is 11.6 Å². The number of amides is 2.